The highest BCUT2D eigenvalue weighted by Gasteiger charge is 2.32. The molecule has 0 spiro atoms. The van der Waals surface area contributed by atoms with E-state index in [-0.39, 0.29) is 18.6 Å². The van der Waals surface area contributed by atoms with E-state index in [0.29, 0.717) is 16.5 Å². The summed E-state index contributed by atoms with van der Waals surface area (Å²) < 4.78 is 0. The van der Waals surface area contributed by atoms with Gasteiger partial charge in [0.1, 0.15) is 0 Å². The fourth-order valence-electron chi connectivity index (χ4n) is 3.57. The van der Waals surface area contributed by atoms with Crippen molar-refractivity contribution < 1.29 is 15.0 Å². The number of nitrogens with zero attached hydrogens (tertiary/aromatic N) is 1. The van der Waals surface area contributed by atoms with Crippen LogP contribution in [0.15, 0.2) is 36.4 Å². The van der Waals surface area contributed by atoms with Crippen LogP contribution in [0.1, 0.15) is 47.1 Å². The molecule has 1 amide bonds. The highest BCUT2D eigenvalue weighted by atomic mass is 35.5. The van der Waals surface area contributed by atoms with Crippen LogP contribution in [0.4, 0.5) is 4.79 Å². The van der Waals surface area contributed by atoms with Crippen molar-refractivity contribution in [2.24, 2.45) is 0 Å². The molecular formula is C19H19Cl2NO3. The zero-order valence-electron chi connectivity index (χ0n) is 13.7. The molecule has 2 aromatic carbocycles. The number of fused-ring (bicyclic) bond motifs is 1. The number of benzene rings is 2. The number of hydrogen-bond donors (Lipinski definition) is 2. The largest absolute Gasteiger partial charge is 0.465 e. The Morgan fingerprint density at radius 3 is 2.52 bits per heavy atom. The van der Waals surface area contributed by atoms with Gasteiger partial charge in [-0.15, -0.1) is 0 Å². The second-order valence-corrected chi connectivity index (χ2v) is 7.15. The summed E-state index contributed by atoms with van der Waals surface area (Å²) in [4.78, 5) is 12.8. The number of carbonyl (C=O) groups is 1. The predicted octanol–water partition coefficient (Wildman–Crippen LogP) is 5.06. The van der Waals surface area contributed by atoms with Crippen LogP contribution in [0.2, 0.25) is 10.0 Å². The maximum Gasteiger partial charge on any atom is 0.407 e. The molecule has 0 saturated heterocycles. The van der Waals surface area contributed by atoms with Crippen molar-refractivity contribution in [3.63, 3.8) is 0 Å². The van der Waals surface area contributed by atoms with Crippen LogP contribution >= 0.6 is 23.2 Å². The van der Waals surface area contributed by atoms with Crippen LogP contribution in [-0.4, -0.2) is 28.3 Å². The number of halogens is 2. The molecule has 2 atom stereocenters. The molecule has 6 heteroatoms. The van der Waals surface area contributed by atoms with E-state index in [1.54, 1.807) is 13.1 Å². The summed E-state index contributed by atoms with van der Waals surface area (Å²) in [5.74, 6) is 0.121. The first kappa shape index (κ1) is 18.1. The SMILES string of the molecule is CN(C(=O)O)[C@H]1CC[C@@H](c2ccc(Cl)c(Cl)c2)c2ccc(CO)cc21. The lowest BCUT2D eigenvalue weighted by atomic mass is 9.76. The molecular weight excluding hydrogens is 361 g/mol. The van der Waals surface area contributed by atoms with Gasteiger partial charge >= 0.3 is 6.09 Å². The molecule has 132 valence electrons. The summed E-state index contributed by atoms with van der Waals surface area (Å²) in [5.41, 5.74) is 3.85. The quantitative estimate of drug-likeness (QED) is 0.782. The third-order valence-electron chi connectivity index (χ3n) is 4.91. The molecule has 2 N–H and O–H groups in total. The number of carboxylic acid groups (broad SMARTS) is 1. The molecule has 25 heavy (non-hydrogen) atoms. The third-order valence-corrected chi connectivity index (χ3v) is 5.65. The lowest BCUT2D eigenvalue weighted by Gasteiger charge is -2.36. The lowest BCUT2D eigenvalue weighted by Crippen LogP contribution is -2.33. The minimum atomic E-state index is -0.960. The lowest BCUT2D eigenvalue weighted by molar-refractivity contribution is 0.132. The molecule has 2 aromatic rings. The van der Waals surface area contributed by atoms with Crippen LogP contribution < -0.4 is 0 Å². The smallest absolute Gasteiger partial charge is 0.407 e. The van der Waals surface area contributed by atoms with Crippen molar-refractivity contribution in [1.29, 1.82) is 0 Å². The molecule has 4 nitrogen and oxygen atoms in total. The topological polar surface area (TPSA) is 60.8 Å². The Morgan fingerprint density at radius 1 is 1.12 bits per heavy atom. The van der Waals surface area contributed by atoms with Gasteiger partial charge in [0.05, 0.1) is 22.7 Å². The summed E-state index contributed by atoms with van der Waals surface area (Å²) in [5, 5.41) is 19.9. The molecule has 1 aliphatic carbocycles. The fourth-order valence-corrected chi connectivity index (χ4v) is 3.88. The zero-order valence-corrected chi connectivity index (χ0v) is 15.3. The molecule has 0 saturated carbocycles. The highest BCUT2D eigenvalue weighted by Crippen LogP contribution is 2.44. The summed E-state index contributed by atoms with van der Waals surface area (Å²) in [6, 6.07) is 11.2. The molecule has 0 aromatic heterocycles. The van der Waals surface area contributed by atoms with Gasteiger partial charge < -0.3 is 15.1 Å². The van der Waals surface area contributed by atoms with Gasteiger partial charge in [-0.1, -0.05) is 47.5 Å². The Labute approximate surface area is 156 Å². The van der Waals surface area contributed by atoms with Gasteiger partial charge in [0, 0.05) is 13.0 Å². The van der Waals surface area contributed by atoms with Crippen molar-refractivity contribution in [2.45, 2.75) is 31.4 Å². The van der Waals surface area contributed by atoms with Gasteiger partial charge in [0.15, 0.2) is 0 Å². The summed E-state index contributed by atoms with van der Waals surface area (Å²) in [6.45, 7) is -0.0752. The molecule has 0 radical (unpaired) electrons. The number of hydrogen-bond acceptors (Lipinski definition) is 2. The van der Waals surface area contributed by atoms with Crippen LogP contribution in [0.25, 0.3) is 0 Å². The monoisotopic (exact) mass is 379 g/mol. The second-order valence-electron chi connectivity index (χ2n) is 6.33. The first-order chi connectivity index (χ1) is 11.9. The number of aliphatic hydroxyl groups is 1. The van der Waals surface area contributed by atoms with E-state index in [2.05, 4.69) is 0 Å². The second kappa shape index (κ2) is 7.24. The molecule has 0 heterocycles. The van der Waals surface area contributed by atoms with E-state index in [1.165, 1.54) is 4.90 Å². The van der Waals surface area contributed by atoms with E-state index in [1.807, 2.05) is 30.3 Å². The van der Waals surface area contributed by atoms with Crippen molar-refractivity contribution in [3.05, 3.63) is 68.7 Å². The van der Waals surface area contributed by atoms with Gasteiger partial charge in [0.25, 0.3) is 0 Å². The van der Waals surface area contributed by atoms with Gasteiger partial charge in [-0.25, -0.2) is 4.79 Å². The summed E-state index contributed by atoms with van der Waals surface area (Å²) in [7, 11) is 1.59. The Balaban J connectivity index is 2.08. The summed E-state index contributed by atoms with van der Waals surface area (Å²) >= 11 is 12.2. The normalized spacial score (nSPS) is 19.4. The van der Waals surface area contributed by atoms with Crippen molar-refractivity contribution >= 4 is 29.3 Å². The maximum absolute atomic E-state index is 11.4. The molecule has 0 fully saturated rings. The standard InChI is InChI=1S/C19H19Cl2NO3/c1-22(19(24)25)18-7-5-13(12-3-6-16(20)17(21)9-12)14-4-2-11(10-23)8-15(14)18/h2-4,6,8-9,13,18,23H,5,7,10H2,1H3,(H,24,25)/t13-,18-/m0/s1. The molecule has 0 aliphatic heterocycles. The van der Waals surface area contributed by atoms with E-state index in [4.69, 9.17) is 23.2 Å². The van der Waals surface area contributed by atoms with Crippen LogP contribution in [0.5, 0.6) is 0 Å². The molecule has 1 aliphatic rings. The van der Waals surface area contributed by atoms with Crippen LogP contribution in [0.3, 0.4) is 0 Å². The fraction of sp³-hybridized carbons (Fsp3) is 0.316. The number of aliphatic hydroxyl groups excluding tert-OH is 1. The van der Waals surface area contributed by atoms with E-state index >= 15 is 0 Å². The van der Waals surface area contributed by atoms with Gasteiger partial charge in [0.2, 0.25) is 0 Å². The predicted molar refractivity (Wildman–Crippen MR) is 98.4 cm³/mol. The van der Waals surface area contributed by atoms with Gasteiger partial charge in [-0.3, -0.25) is 0 Å². The Hall–Kier alpha value is -1.75. The van der Waals surface area contributed by atoms with Crippen LogP contribution in [-0.2, 0) is 6.61 Å². The van der Waals surface area contributed by atoms with Crippen molar-refractivity contribution in [3.8, 4) is 0 Å². The minimum absolute atomic E-state index is 0.0752. The molecule has 3 rings (SSSR count). The Kier molecular flexibility index (Phi) is 5.23. The van der Waals surface area contributed by atoms with Gasteiger partial charge in [-0.2, -0.15) is 0 Å². The minimum Gasteiger partial charge on any atom is -0.465 e. The Morgan fingerprint density at radius 2 is 1.88 bits per heavy atom. The van der Waals surface area contributed by atoms with Crippen LogP contribution in [0, 0.1) is 0 Å². The van der Waals surface area contributed by atoms with E-state index in [9.17, 15) is 15.0 Å². The molecule has 0 unspecified atom stereocenters. The van der Waals surface area contributed by atoms with Crippen molar-refractivity contribution in [2.75, 3.05) is 7.05 Å². The first-order valence-electron chi connectivity index (χ1n) is 8.06. The average molecular weight is 380 g/mol. The summed E-state index contributed by atoms with van der Waals surface area (Å²) in [6.07, 6.45) is 0.555. The zero-order chi connectivity index (χ0) is 18.1. The van der Waals surface area contributed by atoms with E-state index in [0.717, 1.165) is 28.7 Å². The first-order valence-corrected chi connectivity index (χ1v) is 8.82. The average Bonchev–Trinajstić information content (AvgIpc) is 2.62. The Bertz CT molecular complexity index is 809. The van der Waals surface area contributed by atoms with Crippen molar-refractivity contribution in [1.82, 2.24) is 4.90 Å². The van der Waals surface area contributed by atoms with Gasteiger partial charge in [-0.05, 0) is 47.2 Å². The number of amides is 1. The molecule has 0 bridgehead atoms. The maximum atomic E-state index is 11.4. The highest BCUT2D eigenvalue weighted by molar-refractivity contribution is 6.42. The third kappa shape index (κ3) is 3.47. The number of rotatable bonds is 3. The van der Waals surface area contributed by atoms with E-state index < -0.39 is 6.09 Å².